The Kier molecular flexibility index (Phi) is 4.75. The molecule has 25 heavy (non-hydrogen) atoms. The fourth-order valence-electron chi connectivity index (χ4n) is 2.85. The second-order valence-corrected chi connectivity index (χ2v) is 6.15. The molecule has 0 bridgehead atoms. The molecule has 9 heteroatoms. The number of hydrogen-bond donors (Lipinski definition) is 1. The van der Waals surface area contributed by atoms with E-state index in [-0.39, 0.29) is 10.6 Å². The number of aryl methyl sites for hydroxylation is 3. The van der Waals surface area contributed by atoms with Gasteiger partial charge in [-0.05, 0) is 31.6 Å². The summed E-state index contributed by atoms with van der Waals surface area (Å²) in [6.45, 7) is 4.48. The van der Waals surface area contributed by atoms with Gasteiger partial charge in [0.1, 0.15) is 17.2 Å². The highest BCUT2D eigenvalue weighted by Gasteiger charge is 2.21. The van der Waals surface area contributed by atoms with Gasteiger partial charge in [0.2, 0.25) is 0 Å². The first-order valence-electron chi connectivity index (χ1n) is 7.83. The lowest BCUT2D eigenvalue weighted by molar-refractivity contribution is -0.386. The van der Waals surface area contributed by atoms with Crippen molar-refractivity contribution in [1.82, 2.24) is 24.5 Å². The van der Waals surface area contributed by atoms with Gasteiger partial charge in [-0.2, -0.15) is 10.2 Å². The molecule has 3 rings (SSSR count). The van der Waals surface area contributed by atoms with Crippen LogP contribution >= 0.6 is 12.2 Å². The highest BCUT2D eigenvalue weighted by molar-refractivity contribution is 7.71. The van der Waals surface area contributed by atoms with Crippen LogP contribution < -0.4 is 0 Å². The molecular formula is C16H18N6O2S. The summed E-state index contributed by atoms with van der Waals surface area (Å²) in [6, 6.07) is 9.99. The lowest BCUT2D eigenvalue weighted by Gasteiger charge is -2.08. The Labute approximate surface area is 149 Å². The molecule has 1 N–H and O–H groups in total. The molecule has 0 amide bonds. The second kappa shape index (κ2) is 6.98. The number of nitrogens with one attached hydrogen (secondary N) is 1. The van der Waals surface area contributed by atoms with Crippen LogP contribution in [0.3, 0.4) is 0 Å². The molecule has 0 atom stereocenters. The Morgan fingerprint density at radius 3 is 2.64 bits per heavy atom. The number of nitrogens with zero attached hydrogens (tertiary/aromatic N) is 5. The third kappa shape index (κ3) is 3.50. The Balaban J connectivity index is 1.80. The highest BCUT2D eigenvalue weighted by atomic mass is 32.1. The summed E-state index contributed by atoms with van der Waals surface area (Å²) in [6.07, 6.45) is 0.569. The molecule has 0 saturated carbocycles. The van der Waals surface area contributed by atoms with Crippen molar-refractivity contribution in [2.75, 3.05) is 0 Å². The van der Waals surface area contributed by atoms with Gasteiger partial charge in [-0.25, -0.2) is 0 Å². The SMILES string of the molecule is Cc1nn(CCc2n[nH]c(=S)n2Cc2ccccc2)c(C)c1[N+](=O)[O-]. The number of benzene rings is 1. The molecule has 0 radical (unpaired) electrons. The van der Waals surface area contributed by atoms with Crippen molar-refractivity contribution in [2.24, 2.45) is 0 Å². The Morgan fingerprint density at radius 2 is 2.00 bits per heavy atom. The van der Waals surface area contributed by atoms with Crippen molar-refractivity contribution < 1.29 is 4.92 Å². The molecule has 8 nitrogen and oxygen atoms in total. The first-order valence-corrected chi connectivity index (χ1v) is 8.24. The van der Waals surface area contributed by atoms with Crippen LogP contribution in [0, 0.1) is 28.7 Å². The molecule has 0 aliphatic heterocycles. The molecule has 0 aliphatic carbocycles. The third-order valence-electron chi connectivity index (χ3n) is 4.09. The third-order valence-corrected chi connectivity index (χ3v) is 4.41. The summed E-state index contributed by atoms with van der Waals surface area (Å²) in [7, 11) is 0. The van der Waals surface area contributed by atoms with Crippen LogP contribution in [-0.4, -0.2) is 29.5 Å². The molecule has 0 spiro atoms. The molecule has 0 saturated heterocycles. The number of nitro groups is 1. The molecule has 0 aliphatic rings. The minimum Gasteiger partial charge on any atom is -0.300 e. The van der Waals surface area contributed by atoms with Crippen LogP contribution in [0.4, 0.5) is 5.69 Å². The largest absolute Gasteiger partial charge is 0.312 e. The van der Waals surface area contributed by atoms with E-state index >= 15 is 0 Å². The standard InChI is InChI=1S/C16H18N6O2S/c1-11-15(22(23)24)12(2)21(19-11)9-8-14-17-18-16(25)20(14)10-13-6-4-3-5-7-13/h3-7H,8-10H2,1-2H3,(H,18,25). The maximum Gasteiger partial charge on any atom is 0.312 e. The predicted octanol–water partition coefficient (Wildman–Crippen LogP) is 2.95. The van der Waals surface area contributed by atoms with Gasteiger partial charge in [-0.1, -0.05) is 30.3 Å². The normalized spacial score (nSPS) is 11.0. The van der Waals surface area contributed by atoms with Crippen molar-refractivity contribution in [1.29, 1.82) is 0 Å². The van der Waals surface area contributed by atoms with Crippen LogP contribution in [0.15, 0.2) is 30.3 Å². The van der Waals surface area contributed by atoms with Gasteiger partial charge in [0.05, 0.1) is 11.5 Å². The zero-order valence-electron chi connectivity index (χ0n) is 14.0. The van der Waals surface area contributed by atoms with E-state index < -0.39 is 0 Å². The van der Waals surface area contributed by atoms with Crippen LogP contribution in [-0.2, 0) is 19.5 Å². The topological polar surface area (TPSA) is 94.6 Å². The number of aromatic nitrogens is 5. The van der Waals surface area contributed by atoms with Crippen LogP contribution in [0.1, 0.15) is 22.8 Å². The number of hydrogen-bond acceptors (Lipinski definition) is 5. The maximum absolute atomic E-state index is 11.1. The highest BCUT2D eigenvalue weighted by Crippen LogP contribution is 2.22. The molecule has 2 heterocycles. The molecule has 130 valence electrons. The fraction of sp³-hybridized carbons (Fsp3) is 0.312. The van der Waals surface area contributed by atoms with Crippen molar-refractivity contribution in [2.45, 2.75) is 33.4 Å². The van der Waals surface area contributed by atoms with E-state index in [1.165, 1.54) is 0 Å². The Morgan fingerprint density at radius 1 is 1.28 bits per heavy atom. The summed E-state index contributed by atoms with van der Waals surface area (Å²) < 4.78 is 4.14. The van der Waals surface area contributed by atoms with Gasteiger partial charge in [-0.3, -0.25) is 24.5 Å². The average molecular weight is 358 g/mol. The first-order chi connectivity index (χ1) is 12.0. The molecule has 3 aromatic rings. The van der Waals surface area contributed by atoms with E-state index in [0.29, 0.717) is 35.7 Å². The second-order valence-electron chi connectivity index (χ2n) is 5.77. The van der Waals surface area contributed by atoms with Crippen molar-refractivity contribution >= 4 is 17.9 Å². The zero-order valence-corrected chi connectivity index (χ0v) is 14.8. The van der Waals surface area contributed by atoms with E-state index in [4.69, 9.17) is 12.2 Å². The average Bonchev–Trinajstić information content (AvgIpc) is 3.06. The predicted molar refractivity (Wildman–Crippen MR) is 95.0 cm³/mol. The minimum atomic E-state index is -0.389. The monoisotopic (exact) mass is 358 g/mol. The molecule has 0 fully saturated rings. The lowest BCUT2D eigenvalue weighted by atomic mass is 10.2. The maximum atomic E-state index is 11.1. The molecule has 0 unspecified atom stereocenters. The quantitative estimate of drug-likeness (QED) is 0.415. The van der Waals surface area contributed by atoms with Crippen molar-refractivity contribution in [3.63, 3.8) is 0 Å². The Hall–Kier alpha value is -2.81. The number of aromatic amines is 1. The molecular weight excluding hydrogens is 340 g/mol. The van der Waals surface area contributed by atoms with Gasteiger partial charge < -0.3 is 0 Å². The van der Waals surface area contributed by atoms with Gasteiger partial charge in [-0.15, -0.1) is 0 Å². The summed E-state index contributed by atoms with van der Waals surface area (Å²) in [5.74, 6) is 0.795. The van der Waals surface area contributed by atoms with E-state index in [1.54, 1.807) is 18.5 Å². The number of H-pyrrole nitrogens is 1. The summed E-state index contributed by atoms with van der Waals surface area (Å²) in [5.41, 5.74) is 2.17. The fourth-order valence-corrected chi connectivity index (χ4v) is 3.06. The van der Waals surface area contributed by atoms with Crippen molar-refractivity contribution in [3.8, 4) is 0 Å². The minimum absolute atomic E-state index is 0.0724. The van der Waals surface area contributed by atoms with Gasteiger partial charge in [0.25, 0.3) is 0 Å². The lowest BCUT2D eigenvalue weighted by Crippen LogP contribution is -2.11. The van der Waals surface area contributed by atoms with Gasteiger partial charge >= 0.3 is 5.69 Å². The van der Waals surface area contributed by atoms with Crippen LogP contribution in [0.25, 0.3) is 0 Å². The van der Waals surface area contributed by atoms with Crippen molar-refractivity contribution in [3.05, 3.63) is 68.0 Å². The van der Waals surface area contributed by atoms with E-state index in [1.807, 2.05) is 34.9 Å². The first kappa shape index (κ1) is 17.0. The van der Waals surface area contributed by atoms with E-state index in [0.717, 1.165) is 11.4 Å². The smallest absolute Gasteiger partial charge is 0.300 e. The zero-order chi connectivity index (χ0) is 18.0. The summed E-state index contributed by atoms with van der Waals surface area (Å²) >= 11 is 5.32. The van der Waals surface area contributed by atoms with Gasteiger partial charge in [0, 0.05) is 13.0 Å². The van der Waals surface area contributed by atoms with Crippen LogP contribution in [0.2, 0.25) is 0 Å². The summed E-state index contributed by atoms with van der Waals surface area (Å²) in [5, 5.41) is 22.5. The van der Waals surface area contributed by atoms with E-state index in [2.05, 4.69) is 15.3 Å². The summed E-state index contributed by atoms with van der Waals surface area (Å²) in [4.78, 5) is 10.7. The molecule has 1 aromatic carbocycles. The molecule has 2 aromatic heterocycles. The van der Waals surface area contributed by atoms with E-state index in [9.17, 15) is 10.1 Å². The number of rotatable bonds is 6. The van der Waals surface area contributed by atoms with Crippen LogP contribution in [0.5, 0.6) is 0 Å². The van der Waals surface area contributed by atoms with Gasteiger partial charge in [0.15, 0.2) is 4.77 Å². The Bertz CT molecular complexity index is 957.